The van der Waals surface area contributed by atoms with Gasteiger partial charge in [-0.15, -0.1) is 12.4 Å². The largest absolute Gasteiger partial charge is 0.356 e. The first-order valence-corrected chi connectivity index (χ1v) is 10.8. The van der Waals surface area contributed by atoms with Crippen LogP contribution in [0.4, 0.5) is 4.39 Å². The maximum Gasteiger partial charge on any atom is 0.195 e. The third-order valence-corrected chi connectivity index (χ3v) is 5.63. The molecule has 30 heavy (non-hydrogen) atoms. The van der Waals surface area contributed by atoms with Crippen LogP contribution in [0.2, 0.25) is 0 Å². The Kier molecular flexibility index (Phi) is 6.21. The SMILES string of the molecule is CS(=O)(=O)c1nc(C[C@H](N)c2ccccc2-c2noc3ccccc23)ccc1F.Cl. The minimum atomic E-state index is -3.77. The van der Waals surface area contributed by atoms with E-state index in [4.69, 9.17) is 10.3 Å². The standard InChI is InChI=1S/C21H18FN3O3S.ClH/c1-29(26,27)21-17(22)11-10-13(24-21)12-18(23)14-6-2-3-7-15(14)20-16-8-4-5-9-19(16)28-25-20;/h2-11,18H,12,23H2,1H3;1H/t18-;/m0./s1. The van der Waals surface area contributed by atoms with Gasteiger partial charge in [0, 0.05) is 35.4 Å². The molecule has 0 unspecified atom stereocenters. The van der Waals surface area contributed by atoms with Gasteiger partial charge in [0.15, 0.2) is 26.3 Å². The normalized spacial score (nSPS) is 12.5. The van der Waals surface area contributed by atoms with Crippen molar-refractivity contribution in [3.05, 3.63) is 77.7 Å². The second-order valence-electron chi connectivity index (χ2n) is 6.79. The molecule has 0 fully saturated rings. The Morgan fingerprint density at radius 3 is 2.53 bits per heavy atom. The lowest BCUT2D eigenvalue weighted by atomic mass is 9.94. The molecule has 2 N–H and O–H groups in total. The number of hydrogen-bond donors (Lipinski definition) is 1. The van der Waals surface area contributed by atoms with Crippen molar-refractivity contribution >= 4 is 33.2 Å². The number of sulfone groups is 1. The summed E-state index contributed by atoms with van der Waals surface area (Å²) < 4.78 is 42.7. The number of hydrogen-bond acceptors (Lipinski definition) is 6. The Balaban J connectivity index is 0.00000256. The van der Waals surface area contributed by atoms with E-state index >= 15 is 0 Å². The van der Waals surface area contributed by atoms with Crippen molar-refractivity contribution < 1.29 is 17.3 Å². The summed E-state index contributed by atoms with van der Waals surface area (Å²) in [6, 6.07) is 17.1. The van der Waals surface area contributed by atoms with Crippen LogP contribution in [0.3, 0.4) is 0 Å². The first-order chi connectivity index (χ1) is 13.8. The van der Waals surface area contributed by atoms with Crippen molar-refractivity contribution in [3.63, 3.8) is 0 Å². The molecule has 2 aromatic carbocycles. The monoisotopic (exact) mass is 447 g/mol. The van der Waals surface area contributed by atoms with E-state index in [0.29, 0.717) is 17.0 Å². The predicted octanol–water partition coefficient (Wildman–Crippen LogP) is 4.10. The third-order valence-electron chi connectivity index (χ3n) is 4.64. The van der Waals surface area contributed by atoms with Crippen molar-refractivity contribution in [1.29, 1.82) is 0 Å². The van der Waals surface area contributed by atoms with Gasteiger partial charge >= 0.3 is 0 Å². The Bertz CT molecular complexity index is 1310. The molecule has 1 atom stereocenters. The highest BCUT2D eigenvalue weighted by molar-refractivity contribution is 7.90. The van der Waals surface area contributed by atoms with Crippen LogP contribution >= 0.6 is 12.4 Å². The summed E-state index contributed by atoms with van der Waals surface area (Å²) in [4.78, 5) is 3.97. The van der Waals surface area contributed by atoms with Gasteiger partial charge in [-0.05, 0) is 29.8 Å². The highest BCUT2D eigenvalue weighted by Gasteiger charge is 2.20. The molecule has 0 bridgehead atoms. The molecule has 156 valence electrons. The molecular formula is C21H19ClFN3O3S. The number of fused-ring (bicyclic) bond motifs is 1. The van der Waals surface area contributed by atoms with Gasteiger partial charge in [0.05, 0.1) is 0 Å². The zero-order valence-corrected chi connectivity index (χ0v) is 17.6. The molecule has 0 aliphatic rings. The van der Waals surface area contributed by atoms with Crippen LogP contribution in [0, 0.1) is 5.82 Å². The van der Waals surface area contributed by atoms with Crippen molar-refractivity contribution in [2.45, 2.75) is 17.5 Å². The van der Waals surface area contributed by atoms with Gasteiger partial charge in [0.1, 0.15) is 5.69 Å². The Morgan fingerprint density at radius 2 is 1.77 bits per heavy atom. The maximum atomic E-state index is 13.8. The summed E-state index contributed by atoms with van der Waals surface area (Å²) in [6.07, 6.45) is 1.16. The highest BCUT2D eigenvalue weighted by atomic mass is 35.5. The molecule has 0 aliphatic carbocycles. The van der Waals surface area contributed by atoms with Crippen LogP contribution in [0.15, 0.2) is 70.2 Å². The molecular weight excluding hydrogens is 429 g/mol. The van der Waals surface area contributed by atoms with Crippen molar-refractivity contribution in [1.82, 2.24) is 10.1 Å². The topological polar surface area (TPSA) is 99.1 Å². The number of benzene rings is 2. The number of nitrogens with zero attached hydrogens (tertiary/aromatic N) is 2. The van der Waals surface area contributed by atoms with Crippen molar-refractivity contribution in [2.75, 3.05) is 6.26 Å². The summed E-state index contributed by atoms with van der Waals surface area (Å²) in [5.74, 6) is -0.876. The van der Waals surface area contributed by atoms with Gasteiger partial charge in [0.2, 0.25) is 0 Å². The average molecular weight is 448 g/mol. The number of para-hydroxylation sites is 1. The number of pyridine rings is 1. The second kappa shape index (κ2) is 8.51. The van der Waals surface area contributed by atoms with Crippen LogP contribution in [-0.4, -0.2) is 24.8 Å². The summed E-state index contributed by atoms with van der Waals surface area (Å²) in [7, 11) is -3.77. The first kappa shape index (κ1) is 21.9. The molecule has 0 saturated carbocycles. The van der Waals surface area contributed by atoms with Gasteiger partial charge in [-0.1, -0.05) is 41.6 Å². The Morgan fingerprint density at radius 1 is 1.07 bits per heavy atom. The molecule has 6 nitrogen and oxygen atoms in total. The quantitative estimate of drug-likeness (QED) is 0.494. The van der Waals surface area contributed by atoms with Crippen LogP contribution in [-0.2, 0) is 16.3 Å². The molecule has 9 heteroatoms. The number of aromatic nitrogens is 2. The fourth-order valence-corrected chi connectivity index (χ4v) is 3.99. The second-order valence-corrected chi connectivity index (χ2v) is 8.72. The summed E-state index contributed by atoms with van der Waals surface area (Å²) >= 11 is 0. The first-order valence-electron chi connectivity index (χ1n) is 8.89. The zero-order valence-electron chi connectivity index (χ0n) is 15.9. The molecule has 2 aromatic heterocycles. The van der Waals surface area contributed by atoms with Gasteiger partial charge in [-0.2, -0.15) is 0 Å². The van der Waals surface area contributed by atoms with E-state index in [1.165, 1.54) is 6.07 Å². The van der Waals surface area contributed by atoms with E-state index in [1.54, 1.807) is 0 Å². The Labute approximate surface area is 179 Å². The number of nitrogens with two attached hydrogens (primary N) is 1. The van der Waals surface area contributed by atoms with Crippen molar-refractivity contribution in [3.8, 4) is 11.3 Å². The molecule has 2 heterocycles. The summed E-state index contributed by atoms with van der Waals surface area (Å²) in [5, 5.41) is 4.49. The zero-order chi connectivity index (χ0) is 20.6. The molecule has 4 aromatic rings. The average Bonchev–Trinajstić information content (AvgIpc) is 3.12. The molecule has 0 saturated heterocycles. The van der Waals surface area contributed by atoms with Crippen LogP contribution in [0.5, 0.6) is 0 Å². The molecule has 4 rings (SSSR count). The molecule has 0 aliphatic heterocycles. The fraction of sp³-hybridized carbons (Fsp3) is 0.143. The minimum Gasteiger partial charge on any atom is -0.356 e. The van der Waals surface area contributed by atoms with Gasteiger partial charge in [-0.3, -0.25) is 0 Å². The van der Waals surface area contributed by atoms with Crippen molar-refractivity contribution in [2.24, 2.45) is 5.73 Å². The van der Waals surface area contributed by atoms with E-state index in [2.05, 4.69) is 10.1 Å². The smallest absolute Gasteiger partial charge is 0.195 e. The lowest BCUT2D eigenvalue weighted by Crippen LogP contribution is -2.16. The maximum absolute atomic E-state index is 13.8. The van der Waals surface area contributed by atoms with Gasteiger partial charge in [-0.25, -0.2) is 17.8 Å². The number of rotatable bonds is 5. The van der Waals surface area contributed by atoms with Crippen LogP contribution in [0.25, 0.3) is 22.2 Å². The lowest BCUT2D eigenvalue weighted by Gasteiger charge is -2.16. The van der Waals surface area contributed by atoms with Gasteiger partial charge < -0.3 is 10.3 Å². The van der Waals surface area contributed by atoms with E-state index < -0.39 is 26.7 Å². The van der Waals surface area contributed by atoms with Crippen LogP contribution in [0.1, 0.15) is 17.3 Å². The molecule has 0 spiro atoms. The van der Waals surface area contributed by atoms with E-state index in [-0.39, 0.29) is 18.8 Å². The summed E-state index contributed by atoms with van der Waals surface area (Å²) in [6.45, 7) is 0. The minimum absolute atomic E-state index is 0. The fourth-order valence-electron chi connectivity index (χ4n) is 3.29. The van der Waals surface area contributed by atoms with E-state index in [0.717, 1.165) is 28.8 Å². The molecule has 0 radical (unpaired) electrons. The predicted molar refractivity (Wildman–Crippen MR) is 115 cm³/mol. The Hall–Kier alpha value is -2.81. The molecule has 0 amide bonds. The third kappa shape index (κ3) is 4.21. The lowest BCUT2D eigenvalue weighted by molar-refractivity contribution is 0.459. The van der Waals surface area contributed by atoms with E-state index in [9.17, 15) is 12.8 Å². The van der Waals surface area contributed by atoms with Gasteiger partial charge in [0.25, 0.3) is 0 Å². The number of halogens is 2. The van der Waals surface area contributed by atoms with Crippen LogP contribution < -0.4 is 5.73 Å². The highest BCUT2D eigenvalue weighted by Crippen LogP contribution is 2.33. The summed E-state index contributed by atoms with van der Waals surface area (Å²) in [5.41, 5.74) is 9.79. The van der Waals surface area contributed by atoms with E-state index in [1.807, 2.05) is 48.5 Å².